The van der Waals surface area contributed by atoms with E-state index >= 15 is 0 Å². The molecule has 3 aromatic carbocycles. The second kappa shape index (κ2) is 11.1. The van der Waals surface area contributed by atoms with E-state index in [0.29, 0.717) is 29.9 Å². The first kappa shape index (κ1) is 26.7. The van der Waals surface area contributed by atoms with Crippen LogP contribution in [0.4, 0.5) is 21.0 Å². The van der Waals surface area contributed by atoms with Gasteiger partial charge in [0.1, 0.15) is 6.04 Å². The fourth-order valence-electron chi connectivity index (χ4n) is 5.17. The van der Waals surface area contributed by atoms with Gasteiger partial charge >= 0.3 is 12.2 Å². The molecule has 2 unspecified atom stereocenters. The van der Waals surface area contributed by atoms with Gasteiger partial charge in [-0.05, 0) is 48.9 Å². The molecule has 0 bridgehead atoms. The van der Waals surface area contributed by atoms with Gasteiger partial charge in [-0.2, -0.15) is 0 Å². The maximum absolute atomic E-state index is 13.9. The fraction of sp³-hybridized carbons (Fsp3) is 0.267. The number of aryl methyl sites for hydroxylation is 1. The average Bonchev–Trinajstić information content (AvgIpc) is 3.37. The molecule has 2 aliphatic rings. The molecule has 2 heterocycles. The summed E-state index contributed by atoms with van der Waals surface area (Å²) < 4.78 is 10.4. The van der Waals surface area contributed by atoms with E-state index in [1.54, 1.807) is 29.2 Å². The van der Waals surface area contributed by atoms with Crippen molar-refractivity contribution >= 4 is 35.4 Å². The Hall–Kier alpha value is -4.86. The number of nitrogens with zero attached hydrogens (tertiary/aromatic N) is 1. The quantitative estimate of drug-likeness (QED) is 0.429. The highest BCUT2D eigenvalue weighted by Crippen LogP contribution is 2.43. The third-order valence-corrected chi connectivity index (χ3v) is 7.20. The van der Waals surface area contributed by atoms with Gasteiger partial charge in [0, 0.05) is 36.2 Å². The van der Waals surface area contributed by atoms with Gasteiger partial charge in [0.25, 0.3) is 5.91 Å². The Morgan fingerprint density at radius 2 is 1.82 bits per heavy atom. The molecular formula is C30H30N4O6. The van der Waals surface area contributed by atoms with Crippen molar-refractivity contribution in [2.45, 2.75) is 31.4 Å². The first-order valence-corrected chi connectivity index (χ1v) is 13.0. The first-order valence-electron chi connectivity index (χ1n) is 13.0. The molecule has 40 heavy (non-hydrogen) atoms. The molecule has 2 aliphatic heterocycles. The predicted molar refractivity (Wildman–Crippen MR) is 148 cm³/mol. The van der Waals surface area contributed by atoms with E-state index in [-0.39, 0.29) is 18.9 Å². The molecule has 10 nitrogen and oxygen atoms in total. The number of likely N-dealkylation sites (tertiary alicyclic amines) is 1. The largest absolute Gasteiger partial charge is 0.453 e. The van der Waals surface area contributed by atoms with Crippen molar-refractivity contribution in [3.05, 3.63) is 95.1 Å². The number of carbonyl (C=O) groups is 4. The number of nitrogens with one attached hydrogen (secondary N) is 3. The lowest BCUT2D eigenvalue weighted by Gasteiger charge is -2.36. The molecule has 0 aromatic heterocycles. The molecule has 0 aliphatic carbocycles. The molecule has 5 rings (SSSR count). The smallest absolute Gasteiger partial charge is 0.412 e. The zero-order valence-electron chi connectivity index (χ0n) is 22.2. The Labute approximate surface area is 231 Å². The van der Waals surface area contributed by atoms with Gasteiger partial charge in [-0.1, -0.05) is 42.0 Å². The standard InChI is InChI=1S/C30H30N4O6/c1-19-8-13-24-23(16-19)30(40-29(38)33-24)14-15-34(18-30)27(36)25(17-20-6-4-3-5-7-20)32-26(35)21-9-11-22(12-10-21)31-28(37)39-2/h3-13,16,25H,14-15,17-18H2,1-2H3,(H,31,37)(H,32,35)(H,33,38). The summed E-state index contributed by atoms with van der Waals surface area (Å²) in [4.78, 5) is 52.6. The summed E-state index contributed by atoms with van der Waals surface area (Å²) in [6.07, 6.45) is -0.437. The van der Waals surface area contributed by atoms with Crippen LogP contribution in [0.15, 0.2) is 72.8 Å². The zero-order valence-corrected chi connectivity index (χ0v) is 22.2. The summed E-state index contributed by atoms with van der Waals surface area (Å²) in [5.74, 6) is -0.691. The highest BCUT2D eigenvalue weighted by molar-refractivity contribution is 5.98. The third kappa shape index (κ3) is 5.61. The van der Waals surface area contributed by atoms with Crippen LogP contribution < -0.4 is 16.0 Å². The van der Waals surface area contributed by atoms with Gasteiger partial charge in [-0.3, -0.25) is 20.2 Å². The van der Waals surface area contributed by atoms with Crippen LogP contribution >= 0.6 is 0 Å². The van der Waals surface area contributed by atoms with Crippen LogP contribution in [0.1, 0.15) is 33.5 Å². The zero-order chi connectivity index (χ0) is 28.3. The summed E-state index contributed by atoms with van der Waals surface area (Å²) >= 11 is 0. The van der Waals surface area contributed by atoms with Gasteiger partial charge < -0.3 is 19.7 Å². The molecule has 206 valence electrons. The molecule has 10 heteroatoms. The number of hydrogen-bond donors (Lipinski definition) is 3. The SMILES string of the molecule is COC(=O)Nc1ccc(C(=O)NC(Cc2ccccc2)C(=O)N2CCC3(C2)OC(=O)Nc2ccc(C)cc23)cc1. The molecule has 1 spiro atoms. The first-order chi connectivity index (χ1) is 19.3. The average molecular weight is 543 g/mol. The van der Waals surface area contributed by atoms with E-state index in [1.807, 2.05) is 55.5 Å². The van der Waals surface area contributed by atoms with E-state index in [0.717, 1.165) is 16.7 Å². The number of anilines is 2. The molecule has 0 saturated carbocycles. The van der Waals surface area contributed by atoms with Crippen molar-refractivity contribution in [1.29, 1.82) is 0 Å². The Bertz CT molecular complexity index is 1440. The monoisotopic (exact) mass is 542 g/mol. The highest BCUT2D eigenvalue weighted by atomic mass is 16.6. The normalized spacial score (nSPS) is 18.2. The summed E-state index contributed by atoms with van der Waals surface area (Å²) in [5, 5.41) is 8.18. The van der Waals surface area contributed by atoms with Crippen LogP contribution in [0, 0.1) is 6.92 Å². The predicted octanol–water partition coefficient (Wildman–Crippen LogP) is 4.20. The summed E-state index contributed by atoms with van der Waals surface area (Å²) in [6.45, 7) is 2.52. The highest BCUT2D eigenvalue weighted by Gasteiger charge is 2.49. The minimum Gasteiger partial charge on any atom is -0.453 e. The molecule has 1 fully saturated rings. The lowest BCUT2D eigenvalue weighted by Crippen LogP contribution is -2.50. The van der Waals surface area contributed by atoms with E-state index < -0.39 is 29.7 Å². The number of benzene rings is 3. The topological polar surface area (TPSA) is 126 Å². The van der Waals surface area contributed by atoms with E-state index in [9.17, 15) is 19.2 Å². The minimum absolute atomic E-state index is 0.185. The number of carbonyl (C=O) groups excluding carboxylic acids is 4. The molecule has 0 radical (unpaired) electrons. The van der Waals surface area contributed by atoms with Crippen LogP contribution in [0.25, 0.3) is 0 Å². The van der Waals surface area contributed by atoms with Gasteiger partial charge in [0.05, 0.1) is 19.3 Å². The van der Waals surface area contributed by atoms with Crippen LogP contribution in [0.2, 0.25) is 0 Å². The molecular weight excluding hydrogens is 512 g/mol. The van der Waals surface area contributed by atoms with Gasteiger partial charge in [0.2, 0.25) is 5.91 Å². The third-order valence-electron chi connectivity index (χ3n) is 7.20. The molecule has 2 atom stereocenters. The van der Waals surface area contributed by atoms with Crippen molar-refractivity contribution in [3.8, 4) is 0 Å². The number of rotatable bonds is 6. The molecule has 4 amide bonds. The van der Waals surface area contributed by atoms with E-state index in [2.05, 4.69) is 20.7 Å². The van der Waals surface area contributed by atoms with E-state index in [4.69, 9.17) is 4.74 Å². The molecule has 3 aromatic rings. The van der Waals surface area contributed by atoms with Crippen LogP contribution in [-0.4, -0.2) is 55.1 Å². The number of methoxy groups -OCH3 is 1. The van der Waals surface area contributed by atoms with Crippen molar-refractivity contribution < 1.29 is 28.7 Å². The molecule has 1 saturated heterocycles. The summed E-state index contributed by atoms with van der Waals surface area (Å²) in [6, 6.07) is 20.6. The number of hydrogen-bond acceptors (Lipinski definition) is 6. The van der Waals surface area contributed by atoms with Crippen LogP contribution in [-0.2, 0) is 26.3 Å². The second-order valence-corrected chi connectivity index (χ2v) is 9.98. The van der Waals surface area contributed by atoms with Gasteiger partial charge in [0.15, 0.2) is 5.60 Å². The summed E-state index contributed by atoms with van der Waals surface area (Å²) in [7, 11) is 1.26. The number of amides is 4. The van der Waals surface area contributed by atoms with Gasteiger partial charge in [-0.25, -0.2) is 9.59 Å². The molecule has 3 N–H and O–H groups in total. The maximum Gasteiger partial charge on any atom is 0.412 e. The Morgan fingerprint density at radius 3 is 2.55 bits per heavy atom. The van der Waals surface area contributed by atoms with Gasteiger partial charge in [-0.15, -0.1) is 0 Å². The van der Waals surface area contributed by atoms with Crippen LogP contribution in [0.5, 0.6) is 0 Å². The number of fused-ring (bicyclic) bond motifs is 2. The lowest BCUT2D eigenvalue weighted by atomic mass is 9.89. The minimum atomic E-state index is -0.955. The van der Waals surface area contributed by atoms with Crippen LogP contribution in [0.3, 0.4) is 0 Å². The Kier molecular flexibility index (Phi) is 7.41. The Morgan fingerprint density at radius 1 is 1.07 bits per heavy atom. The van der Waals surface area contributed by atoms with Crippen molar-refractivity contribution in [3.63, 3.8) is 0 Å². The lowest BCUT2D eigenvalue weighted by molar-refractivity contribution is -0.133. The van der Waals surface area contributed by atoms with E-state index in [1.165, 1.54) is 7.11 Å². The fourth-order valence-corrected chi connectivity index (χ4v) is 5.17. The van der Waals surface area contributed by atoms with Crippen molar-refractivity contribution in [1.82, 2.24) is 10.2 Å². The maximum atomic E-state index is 13.9. The Balaban J connectivity index is 1.36. The number of ether oxygens (including phenoxy) is 2. The van der Waals surface area contributed by atoms with Crippen molar-refractivity contribution in [2.24, 2.45) is 0 Å². The van der Waals surface area contributed by atoms with Crippen molar-refractivity contribution in [2.75, 3.05) is 30.8 Å². The summed E-state index contributed by atoms with van der Waals surface area (Å²) in [5.41, 5.74) is 3.27. The second-order valence-electron chi connectivity index (χ2n) is 9.98.